The molecule has 2 aromatic rings. The Morgan fingerprint density at radius 3 is 2.34 bits per heavy atom. The third-order valence-electron chi connectivity index (χ3n) is 4.57. The Morgan fingerprint density at radius 1 is 1.03 bits per heavy atom. The van der Waals surface area contributed by atoms with Crippen LogP contribution in [0.15, 0.2) is 53.4 Å². The summed E-state index contributed by atoms with van der Waals surface area (Å²) in [6.45, 7) is 6.57. The number of benzene rings is 2. The Morgan fingerprint density at radius 2 is 1.69 bits per heavy atom. The quantitative estimate of drug-likeness (QED) is 0.553. The SMILES string of the molecule is CCC(C)Oc1ccc(/C=C2\SC(=O)N(CCOc3ccc(C)cc3)C2=O)cc1. The molecule has 0 aromatic heterocycles. The van der Waals surface area contributed by atoms with E-state index in [9.17, 15) is 9.59 Å². The maximum atomic E-state index is 12.6. The number of ether oxygens (including phenoxy) is 2. The molecule has 1 fully saturated rings. The molecule has 1 saturated heterocycles. The van der Waals surface area contributed by atoms with Crippen molar-refractivity contribution in [1.29, 1.82) is 0 Å². The third-order valence-corrected chi connectivity index (χ3v) is 5.48. The standard InChI is InChI=1S/C23H25NO4S/c1-4-17(3)28-20-11-7-18(8-12-20)15-21-22(25)24(23(26)29-21)13-14-27-19-9-5-16(2)6-10-19/h5-12,15,17H,4,13-14H2,1-3H3/b21-15-. The second kappa shape index (κ2) is 9.65. The molecule has 6 heteroatoms. The van der Waals surface area contributed by atoms with Gasteiger partial charge in [0.05, 0.1) is 17.6 Å². The summed E-state index contributed by atoms with van der Waals surface area (Å²) in [6, 6.07) is 15.2. The number of carbonyl (C=O) groups is 2. The first-order valence-corrected chi connectivity index (χ1v) is 10.5. The van der Waals surface area contributed by atoms with E-state index in [1.54, 1.807) is 6.08 Å². The highest BCUT2D eigenvalue weighted by Crippen LogP contribution is 2.32. The van der Waals surface area contributed by atoms with Crippen LogP contribution >= 0.6 is 11.8 Å². The van der Waals surface area contributed by atoms with Gasteiger partial charge >= 0.3 is 0 Å². The predicted octanol–water partition coefficient (Wildman–Crippen LogP) is 5.29. The molecule has 0 N–H and O–H groups in total. The Labute approximate surface area is 175 Å². The van der Waals surface area contributed by atoms with Gasteiger partial charge in [0.15, 0.2) is 0 Å². The van der Waals surface area contributed by atoms with Crippen LogP contribution in [0.3, 0.4) is 0 Å². The number of rotatable bonds is 8. The topological polar surface area (TPSA) is 55.8 Å². The first-order valence-electron chi connectivity index (χ1n) is 9.68. The molecular formula is C23H25NO4S. The van der Waals surface area contributed by atoms with Crippen LogP contribution in [0.4, 0.5) is 4.79 Å². The van der Waals surface area contributed by atoms with Crippen molar-refractivity contribution in [2.45, 2.75) is 33.3 Å². The van der Waals surface area contributed by atoms with E-state index in [1.165, 1.54) is 4.90 Å². The average Bonchev–Trinajstić information content (AvgIpc) is 2.98. The van der Waals surface area contributed by atoms with Crippen LogP contribution in [0.25, 0.3) is 6.08 Å². The van der Waals surface area contributed by atoms with Gasteiger partial charge in [-0.25, -0.2) is 0 Å². The monoisotopic (exact) mass is 411 g/mol. The highest BCUT2D eigenvalue weighted by atomic mass is 32.2. The molecule has 1 aliphatic heterocycles. The van der Waals surface area contributed by atoms with Gasteiger partial charge in [-0.15, -0.1) is 0 Å². The van der Waals surface area contributed by atoms with Crippen LogP contribution in [-0.4, -0.2) is 35.3 Å². The molecule has 1 atom stereocenters. The summed E-state index contributed by atoms with van der Waals surface area (Å²) < 4.78 is 11.4. The molecule has 1 heterocycles. The lowest BCUT2D eigenvalue weighted by Gasteiger charge is -2.13. The summed E-state index contributed by atoms with van der Waals surface area (Å²) in [5.41, 5.74) is 2.00. The minimum atomic E-state index is -0.285. The number of amides is 2. The van der Waals surface area contributed by atoms with E-state index < -0.39 is 0 Å². The lowest BCUT2D eigenvalue weighted by molar-refractivity contribution is -0.123. The number of hydrogen-bond acceptors (Lipinski definition) is 5. The Hall–Kier alpha value is -2.73. The van der Waals surface area contributed by atoms with E-state index in [2.05, 4.69) is 6.92 Å². The second-order valence-corrected chi connectivity index (χ2v) is 7.89. The molecule has 1 unspecified atom stereocenters. The molecule has 0 bridgehead atoms. The summed E-state index contributed by atoms with van der Waals surface area (Å²) in [5, 5.41) is -0.273. The van der Waals surface area contributed by atoms with Crippen molar-refractivity contribution in [3.63, 3.8) is 0 Å². The second-order valence-electron chi connectivity index (χ2n) is 6.90. The van der Waals surface area contributed by atoms with Crippen molar-refractivity contribution in [3.8, 4) is 11.5 Å². The first-order chi connectivity index (χ1) is 14.0. The van der Waals surface area contributed by atoms with Crippen molar-refractivity contribution in [3.05, 3.63) is 64.6 Å². The maximum Gasteiger partial charge on any atom is 0.293 e. The van der Waals surface area contributed by atoms with Crippen LogP contribution < -0.4 is 9.47 Å². The summed E-state index contributed by atoms with van der Waals surface area (Å²) in [6.07, 6.45) is 2.82. The van der Waals surface area contributed by atoms with E-state index in [-0.39, 0.29) is 30.4 Å². The van der Waals surface area contributed by atoms with Gasteiger partial charge in [0.2, 0.25) is 0 Å². The van der Waals surface area contributed by atoms with E-state index in [1.807, 2.05) is 62.4 Å². The molecule has 0 radical (unpaired) electrons. The van der Waals surface area contributed by atoms with Crippen molar-refractivity contribution in [2.75, 3.05) is 13.2 Å². The lowest BCUT2D eigenvalue weighted by Crippen LogP contribution is -2.32. The summed E-state index contributed by atoms with van der Waals surface area (Å²) in [4.78, 5) is 26.5. The molecule has 1 aliphatic rings. The van der Waals surface area contributed by atoms with Crippen molar-refractivity contribution < 1.29 is 19.1 Å². The van der Waals surface area contributed by atoms with Crippen molar-refractivity contribution in [1.82, 2.24) is 4.90 Å². The molecule has 0 aliphatic carbocycles. The number of hydrogen-bond donors (Lipinski definition) is 0. The van der Waals surface area contributed by atoms with E-state index >= 15 is 0 Å². The molecular weight excluding hydrogens is 386 g/mol. The van der Waals surface area contributed by atoms with Gasteiger partial charge < -0.3 is 9.47 Å². The molecule has 5 nitrogen and oxygen atoms in total. The largest absolute Gasteiger partial charge is 0.492 e. The highest BCUT2D eigenvalue weighted by Gasteiger charge is 2.34. The average molecular weight is 412 g/mol. The minimum absolute atomic E-state index is 0.152. The summed E-state index contributed by atoms with van der Waals surface area (Å²) in [5.74, 6) is 1.23. The summed E-state index contributed by atoms with van der Waals surface area (Å²) in [7, 11) is 0. The fourth-order valence-electron chi connectivity index (χ4n) is 2.69. The molecule has 29 heavy (non-hydrogen) atoms. The van der Waals surface area contributed by atoms with E-state index in [0.717, 1.165) is 40.8 Å². The molecule has 2 amide bonds. The van der Waals surface area contributed by atoms with Crippen molar-refractivity contribution in [2.24, 2.45) is 0 Å². The van der Waals surface area contributed by atoms with Crippen LogP contribution in [-0.2, 0) is 4.79 Å². The fraction of sp³-hybridized carbons (Fsp3) is 0.304. The predicted molar refractivity (Wildman–Crippen MR) is 116 cm³/mol. The first kappa shape index (κ1) is 21.0. The number of nitrogens with zero attached hydrogens (tertiary/aromatic N) is 1. The molecule has 2 aromatic carbocycles. The van der Waals surface area contributed by atoms with Gasteiger partial charge in [0.25, 0.3) is 11.1 Å². The van der Waals surface area contributed by atoms with Crippen LogP contribution in [0, 0.1) is 6.92 Å². The van der Waals surface area contributed by atoms with Gasteiger partial charge in [-0.2, -0.15) is 0 Å². The normalized spacial score (nSPS) is 16.4. The molecule has 3 rings (SSSR count). The zero-order chi connectivity index (χ0) is 20.8. The molecule has 152 valence electrons. The number of imide groups is 1. The Balaban J connectivity index is 1.58. The fourth-order valence-corrected chi connectivity index (χ4v) is 3.56. The van der Waals surface area contributed by atoms with Gasteiger partial charge in [-0.3, -0.25) is 14.5 Å². The number of aryl methyl sites for hydroxylation is 1. The zero-order valence-electron chi connectivity index (χ0n) is 16.9. The number of thioether (sulfide) groups is 1. The third kappa shape index (κ3) is 5.64. The van der Waals surface area contributed by atoms with Gasteiger partial charge in [-0.05, 0) is 67.9 Å². The van der Waals surface area contributed by atoms with E-state index in [0.29, 0.717) is 4.91 Å². The van der Waals surface area contributed by atoms with Gasteiger partial charge in [0, 0.05) is 0 Å². The maximum absolute atomic E-state index is 12.6. The Kier molecular flexibility index (Phi) is 6.99. The lowest BCUT2D eigenvalue weighted by atomic mass is 10.2. The molecule has 0 saturated carbocycles. The van der Waals surface area contributed by atoms with Crippen LogP contribution in [0.2, 0.25) is 0 Å². The minimum Gasteiger partial charge on any atom is -0.492 e. The van der Waals surface area contributed by atoms with Crippen LogP contribution in [0.1, 0.15) is 31.4 Å². The Bertz CT molecular complexity index is 890. The van der Waals surface area contributed by atoms with Crippen LogP contribution in [0.5, 0.6) is 11.5 Å². The van der Waals surface area contributed by atoms with Gasteiger partial charge in [0.1, 0.15) is 18.1 Å². The summed E-state index contributed by atoms with van der Waals surface area (Å²) >= 11 is 0.955. The highest BCUT2D eigenvalue weighted by molar-refractivity contribution is 8.18. The van der Waals surface area contributed by atoms with Crippen molar-refractivity contribution >= 4 is 29.0 Å². The van der Waals surface area contributed by atoms with E-state index in [4.69, 9.17) is 9.47 Å². The smallest absolute Gasteiger partial charge is 0.293 e. The van der Waals surface area contributed by atoms with Gasteiger partial charge in [-0.1, -0.05) is 36.8 Å². The zero-order valence-corrected chi connectivity index (χ0v) is 17.7. The number of carbonyl (C=O) groups excluding carboxylic acids is 2. The molecule has 0 spiro atoms.